The number of hydrogen-bond donors (Lipinski definition) is 2. The number of nitrogen functional groups attached to an aromatic ring is 1. The zero-order valence-corrected chi connectivity index (χ0v) is 13.2. The van der Waals surface area contributed by atoms with E-state index in [9.17, 15) is 8.42 Å². The first kappa shape index (κ1) is 15.8. The van der Waals surface area contributed by atoms with E-state index in [0.717, 1.165) is 11.1 Å². The van der Waals surface area contributed by atoms with Crippen LogP contribution in [0.25, 0.3) is 0 Å². The first-order chi connectivity index (χ1) is 9.81. The molecule has 5 nitrogen and oxygen atoms in total. The van der Waals surface area contributed by atoms with Crippen LogP contribution in [-0.2, 0) is 10.0 Å². The highest BCUT2D eigenvalue weighted by atomic mass is 35.5. The minimum Gasteiger partial charge on any atom is -0.382 e. The number of anilines is 1. The van der Waals surface area contributed by atoms with Gasteiger partial charge in [0.25, 0.3) is 0 Å². The molecule has 0 saturated heterocycles. The number of aromatic nitrogens is 1. The molecule has 0 amide bonds. The second-order valence-corrected chi connectivity index (χ2v) is 6.86. The summed E-state index contributed by atoms with van der Waals surface area (Å²) in [5, 5.41) is 0.112. The Labute approximate surface area is 129 Å². The fourth-order valence-corrected chi connectivity index (χ4v) is 3.44. The summed E-state index contributed by atoms with van der Waals surface area (Å²) >= 11 is 5.82. The quantitative estimate of drug-likeness (QED) is 0.905. The van der Waals surface area contributed by atoms with Gasteiger partial charge in [0.2, 0.25) is 10.0 Å². The lowest BCUT2D eigenvalue weighted by Gasteiger charge is -2.16. The normalized spacial score (nSPS) is 13.1. The monoisotopic (exact) mass is 325 g/mol. The van der Waals surface area contributed by atoms with E-state index in [0.29, 0.717) is 0 Å². The molecule has 21 heavy (non-hydrogen) atoms. The maximum Gasteiger partial charge on any atom is 0.242 e. The van der Waals surface area contributed by atoms with Crippen molar-refractivity contribution >= 4 is 27.4 Å². The van der Waals surface area contributed by atoms with Crippen molar-refractivity contribution in [2.75, 3.05) is 5.73 Å². The lowest BCUT2D eigenvalue weighted by Crippen LogP contribution is -2.27. The number of nitrogens with two attached hydrogens (primary N) is 1. The molecule has 7 heteroatoms. The Morgan fingerprint density at radius 1 is 1.33 bits per heavy atom. The van der Waals surface area contributed by atoms with E-state index in [-0.39, 0.29) is 21.8 Å². The summed E-state index contributed by atoms with van der Waals surface area (Å²) in [6.45, 7) is 3.72. The van der Waals surface area contributed by atoms with Gasteiger partial charge in [-0.05, 0) is 31.0 Å². The van der Waals surface area contributed by atoms with Gasteiger partial charge in [-0.15, -0.1) is 0 Å². The van der Waals surface area contributed by atoms with Gasteiger partial charge in [-0.25, -0.2) is 18.1 Å². The SMILES string of the molecule is Cc1ccccc1C(C)NS(=O)(=O)c1cnc(N)c(Cl)c1. The Morgan fingerprint density at radius 2 is 2.00 bits per heavy atom. The molecule has 0 fully saturated rings. The van der Waals surface area contributed by atoms with Gasteiger partial charge in [0.15, 0.2) is 0 Å². The summed E-state index contributed by atoms with van der Waals surface area (Å²) in [5.41, 5.74) is 7.41. The highest BCUT2D eigenvalue weighted by Crippen LogP contribution is 2.23. The van der Waals surface area contributed by atoms with Gasteiger partial charge in [-0.3, -0.25) is 0 Å². The third-order valence-corrected chi connectivity index (χ3v) is 4.95. The topological polar surface area (TPSA) is 85.1 Å². The molecule has 2 rings (SSSR count). The minimum atomic E-state index is -3.72. The molecule has 112 valence electrons. The van der Waals surface area contributed by atoms with Crippen molar-refractivity contribution in [3.63, 3.8) is 0 Å². The van der Waals surface area contributed by atoms with Gasteiger partial charge in [0.05, 0.1) is 5.02 Å². The second-order valence-electron chi connectivity index (χ2n) is 4.74. The van der Waals surface area contributed by atoms with E-state index in [4.69, 9.17) is 17.3 Å². The second kappa shape index (κ2) is 6.01. The number of benzene rings is 1. The van der Waals surface area contributed by atoms with Crippen LogP contribution in [0.1, 0.15) is 24.1 Å². The molecule has 1 aromatic carbocycles. The number of nitrogens with zero attached hydrogens (tertiary/aromatic N) is 1. The summed E-state index contributed by atoms with van der Waals surface area (Å²) < 4.78 is 27.3. The zero-order valence-electron chi connectivity index (χ0n) is 11.7. The van der Waals surface area contributed by atoms with Gasteiger partial charge < -0.3 is 5.73 Å². The largest absolute Gasteiger partial charge is 0.382 e. The van der Waals surface area contributed by atoms with Crippen molar-refractivity contribution in [1.82, 2.24) is 9.71 Å². The summed E-state index contributed by atoms with van der Waals surface area (Å²) in [6.07, 6.45) is 1.19. The molecule has 0 aliphatic carbocycles. The molecule has 1 unspecified atom stereocenters. The molecular weight excluding hydrogens is 310 g/mol. The van der Waals surface area contributed by atoms with Crippen molar-refractivity contribution in [3.8, 4) is 0 Å². The number of halogens is 1. The van der Waals surface area contributed by atoms with Crippen LogP contribution in [0.4, 0.5) is 5.82 Å². The smallest absolute Gasteiger partial charge is 0.242 e. The van der Waals surface area contributed by atoms with Crippen molar-refractivity contribution in [2.24, 2.45) is 0 Å². The van der Waals surface area contributed by atoms with Gasteiger partial charge in [-0.2, -0.15) is 0 Å². The number of rotatable bonds is 4. The Hall–Kier alpha value is -1.63. The van der Waals surface area contributed by atoms with E-state index < -0.39 is 10.0 Å². The fraction of sp³-hybridized carbons (Fsp3) is 0.214. The van der Waals surface area contributed by atoms with Gasteiger partial charge >= 0.3 is 0 Å². The maximum absolute atomic E-state index is 12.3. The third kappa shape index (κ3) is 3.53. The summed E-state index contributed by atoms with van der Waals surface area (Å²) in [6, 6.07) is 8.51. The molecule has 0 spiro atoms. The lowest BCUT2D eigenvalue weighted by molar-refractivity contribution is 0.566. The molecule has 1 aromatic heterocycles. The Balaban J connectivity index is 2.29. The molecule has 1 atom stereocenters. The van der Waals surface area contributed by atoms with Gasteiger partial charge in [0, 0.05) is 12.2 Å². The van der Waals surface area contributed by atoms with Crippen LogP contribution in [0.15, 0.2) is 41.4 Å². The Morgan fingerprint density at radius 3 is 2.62 bits per heavy atom. The average molecular weight is 326 g/mol. The van der Waals surface area contributed by atoms with Crippen molar-refractivity contribution in [2.45, 2.75) is 24.8 Å². The van der Waals surface area contributed by atoms with E-state index >= 15 is 0 Å². The number of sulfonamides is 1. The van der Waals surface area contributed by atoms with Crippen LogP contribution >= 0.6 is 11.6 Å². The fourth-order valence-electron chi connectivity index (χ4n) is 2.01. The first-order valence-corrected chi connectivity index (χ1v) is 8.16. The molecule has 0 saturated carbocycles. The molecule has 0 radical (unpaired) electrons. The van der Waals surface area contributed by atoms with Crippen LogP contribution in [-0.4, -0.2) is 13.4 Å². The molecule has 0 bridgehead atoms. The van der Waals surface area contributed by atoms with E-state index in [1.807, 2.05) is 31.2 Å². The number of pyridine rings is 1. The molecule has 2 aromatic rings. The van der Waals surface area contributed by atoms with Crippen LogP contribution in [0.2, 0.25) is 5.02 Å². The summed E-state index contributed by atoms with van der Waals surface area (Å²) in [7, 11) is -3.72. The predicted octanol–water partition coefficient (Wildman–Crippen LogP) is 2.67. The molecule has 0 aliphatic rings. The van der Waals surface area contributed by atoms with E-state index in [1.165, 1.54) is 12.3 Å². The van der Waals surface area contributed by atoms with Crippen molar-refractivity contribution in [3.05, 3.63) is 52.7 Å². The van der Waals surface area contributed by atoms with E-state index in [2.05, 4.69) is 9.71 Å². The Kier molecular flexibility index (Phi) is 4.51. The molecule has 3 N–H and O–H groups in total. The van der Waals surface area contributed by atoms with Crippen LogP contribution in [0.3, 0.4) is 0 Å². The minimum absolute atomic E-state index is 0.0119. The predicted molar refractivity (Wildman–Crippen MR) is 83.6 cm³/mol. The van der Waals surface area contributed by atoms with Crippen LogP contribution < -0.4 is 10.5 Å². The Bertz CT molecular complexity index is 763. The highest BCUT2D eigenvalue weighted by molar-refractivity contribution is 7.89. The molecule has 0 aliphatic heterocycles. The van der Waals surface area contributed by atoms with Crippen molar-refractivity contribution < 1.29 is 8.42 Å². The van der Waals surface area contributed by atoms with Gasteiger partial charge in [-0.1, -0.05) is 35.9 Å². The summed E-state index contributed by atoms with van der Waals surface area (Å²) in [5.74, 6) is 0.0996. The first-order valence-electron chi connectivity index (χ1n) is 6.30. The van der Waals surface area contributed by atoms with Crippen LogP contribution in [0.5, 0.6) is 0 Å². The molecular formula is C14H16ClN3O2S. The van der Waals surface area contributed by atoms with Gasteiger partial charge in [0.1, 0.15) is 10.7 Å². The van der Waals surface area contributed by atoms with Crippen molar-refractivity contribution in [1.29, 1.82) is 0 Å². The number of nitrogens with one attached hydrogen (secondary N) is 1. The maximum atomic E-state index is 12.3. The lowest BCUT2D eigenvalue weighted by atomic mass is 10.0. The zero-order chi connectivity index (χ0) is 15.6. The number of hydrogen-bond acceptors (Lipinski definition) is 4. The summed E-state index contributed by atoms with van der Waals surface area (Å²) in [4.78, 5) is 3.76. The third-order valence-electron chi connectivity index (χ3n) is 3.14. The highest BCUT2D eigenvalue weighted by Gasteiger charge is 2.20. The standard InChI is InChI=1S/C14H16ClN3O2S/c1-9-5-3-4-6-12(9)10(2)18-21(19,20)11-7-13(15)14(16)17-8-11/h3-8,10,18H,1-2H3,(H2,16,17). The number of aryl methyl sites for hydroxylation is 1. The average Bonchev–Trinajstić information content (AvgIpc) is 2.41. The van der Waals surface area contributed by atoms with Crippen LogP contribution in [0, 0.1) is 6.92 Å². The molecule has 1 heterocycles. The van der Waals surface area contributed by atoms with E-state index in [1.54, 1.807) is 6.92 Å².